The van der Waals surface area contributed by atoms with Crippen molar-refractivity contribution in [2.75, 3.05) is 20.2 Å². The summed E-state index contributed by atoms with van der Waals surface area (Å²) in [5.74, 6) is 1.78. The van der Waals surface area contributed by atoms with Crippen LogP contribution in [0, 0.1) is 12.3 Å². The van der Waals surface area contributed by atoms with Crippen LogP contribution >= 0.6 is 0 Å². The molecule has 1 atom stereocenters. The molecule has 152 valence electrons. The zero-order valence-electron chi connectivity index (χ0n) is 17.0. The minimum Gasteiger partial charge on any atom is -0.380 e. The molecular formula is C20H29N5O3. The molecule has 1 unspecified atom stereocenters. The Morgan fingerprint density at radius 2 is 2.14 bits per heavy atom. The summed E-state index contributed by atoms with van der Waals surface area (Å²) in [7, 11) is 1.61. The van der Waals surface area contributed by atoms with E-state index in [2.05, 4.69) is 26.8 Å². The number of likely N-dealkylation sites (tertiary alicyclic amines) is 1. The Hall–Kier alpha value is -2.22. The summed E-state index contributed by atoms with van der Waals surface area (Å²) in [4.78, 5) is 15.3. The monoisotopic (exact) mass is 387 g/mol. The lowest BCUT2D eigenvalue weighted by Gasteiger charge is -2.37. The highest BCUT2D eigenvalue weighted by molar-refractivity contribution is 5.94. The molecule has 1 saturated heterocycles. The fourth-order valence-corrected chi connectivity index (χ4v) is 5.04. The summed E-state index contributed by atoms with van der Waals surface area (Å²) in [5.41, 5.74) is 1.20. The van der Waals surface area contributed by atoms with Crippen molar-refractivity contribution >= 4 is 5.91 Å². The fraction of sp³-hybridized carbons (Fsp3) is 0.700. The molecule has 1 aliphatic heterocycles. The van der Waals surface area contributed by atoms with Gasteiger partial charge in [0.05, 0.1) is 12.2 Å². The van der Waals surface area contributed by atoms with Crippen molar-refractivity contribution in [3.63, 3.8) is 0 Å². The van der Waals surface area contributed by atoms with E-state index >= 15 is 0 Å². The van der Waals surface area contributed by atoms with Crippen molar-refractivity contribution in [3.05, 3.63) is 29.2 Å². The third kappa shape index (κ3) is 3.13. The van der Waals surface area contributed by atoms with Gasteiger partial charge in [0.25, 0.3) is 5.91 Å². The molecule has 2 aromatic heterocycles. The Morgan fingerprint density at radius 3 is 2.86 bits per heavy atom. The smallest absolute Gasteiger partial charge is 0.276 e. The molecule has 8 nitrogen and oxygen atoms in total. The number of aromatic nitrogens is 4. The molecule has 1 spiro atoms. The Kier molecular flexibility index (Phi) is 5.23. The van der Waals surface area contributed by atoms with Crippen LogP contribution in [-0.2, 0) is 17.9 Å². The van der Waals surface area contributed by atoms with Crippen LogP contribution in [0.3, 0.4) is 0 Å². The van der Waals surface area contributed by atoms with Crippen LogP contribution in [0.15, 0.2) is 10.9 Å². The normalized spacial score (nSPS) is 21.5. The summed E-state index contributed by atoms with van der Waals surface area (Å²) in [6.07, 6.45) is 7.73. The SMILES string of the molecule is CCn1cnnc1C1CN(C(=O)c2noc(C)c2COC)CC12CCCCC2. The molecule has 3 heterocycles. The van der Waals surface area contributed by atoms with Crippen LogP contribution in [0.2, 0.25) is 0 Å². The van der Waals surface area contributed by atoms with E-state index in [9.17, 15) is 4.79 Å². The fourth-order valence-electron chi connectivity index (χ4n) is 5.04. The molecule has 2 aliphatic rings. The lowest BCUT2D eigenvalue weighted by molar-refractivity contribution is 0.0744. The molecule has 0 radical (unpaired) electrons. The van der Waals surface area contributed by atoms with Crippen molar-refractivity contribution in [2.45, 2.75) is 65.0 Å². The first-order valence-electron chi connectivity index (χ1n) is 10.2. The molecule has 1 amide bonds. The van der Waals surface area contributed by atoms with Crippen LogP contribution in [0.5, 0.6) is 0 Å². The second-order valence-corrected chi connectivity index (χ2v) is 8.14. The van der Waals surface area contributed by atoms with Gasteiger partial charge in [-0.25, -0.2) is 0 Å². The van der Waals surface area contributed by atoms with E-state index < -0.39 is 0 Å². The van der Waals surface area contributed by atoms with E-state index in [1.54, 1.807) is 13.4 Å². The summed E-state index contributed by atoms with van der Waals surface area (Å²) in [6, 6.07) is 0. The first kappa shape index (κ1) is 19.1. The number of amides is 1. The number of hydrogen-bond donors (Lipinski definition) is 0. The highest BCUT2D eigenvalue weighted by Crippen LogP contribution is 2.51. The van der Waals surface area contributed by atoms with Gasteiger partial charge in [-0.1, -0.05) is 24.4 Å². The van der Waals surface area contributed by atoms with Crippen LogP contribution in [0.1, 0.15) is 72.6 Å². The molecule has 0 bridgehead atoms. The summed E-state index contributed by atoms with van der Waals surface area (Å²) >= 11 is 0. The van der Waals surface area contributed by atoms with Crippen molar-refractivity contribution in [3.8, 4) is 0 Å². The van der Waals surface area contributed by atoms with Crippen LogP contribution in [0.4, 0.5) is 0 Å². The standard InChI is InChI=1S/C20H29N5O3/c1-4-24-13-21-22-18(24)16-10-25(12-20(16)8-6-5-7-9-20)19(26)17-15(11-27-3)14(2)28-23-17/h13,16H,4-12H2,1-3H3. The molecule has 0 N–H and O–H groups in total. The van der Waals surface area contributed by atoms with Gasteiger partial charge in [0.2, 0.25) is 0 Å². The number of carbonyl (C=O) groups excluding carboxylic acids is 1. The predicted molar refractivity (Wildman–Crippen MR) is 102 cm³/mol. The third-order valence-corrected chi connectivity index (χ3v) is 6.56. The van der Waals surface area contributed by atoms with E-state index in [0.29, 0.717) is 24.6 Å². The number of nitrogens with zero attached hydrogens (tertiary/aromatic N) is 5. The van der Waals surface area contributed by atoms with E-state index in [1.165, 1.54) is 19.3 Å². The Bertz CT molecular complexity index is 837. The van der Waals surface area contributed by atoms with Crippen molar-refractivity contribution in [1.29, 1.82) is 0 Å². The zero-order valence-corrected chi connectivity index (χ0v) is 17.0. The van der Waals surface area contributed by atoms with Crippen molar-refractivity contribution in [1.82, 2.24) is 24.8 Å². The number of rotatable bonds is 5. The maximum atomic E-state index is 13.4. The maximum absolute atomic E-state index is 13.4. The molecule has 1 saturated carbocycles. The first-order valence-corrected chi connectivity index (χ1v) is 10.2. The van der Waals surface area contributed by atoms with Gasteiger partial charge in [-0.3, -0.25) is 4.79 Å². The highest BCUT2D eigenvalue weighted by atomic mass is 16.5. The lowest BCUT2D eigenvalue weighted by Crippen LogP contribution is -2.35. The summed E-state index contributed by atoms with van der Waals surface area (Å²) in [5, 5.41) is 12.7. The molecule has 0 aromatic carbocycles. The zero-order chi connectivity index (χ0) is 19.7. The molecule has 28 heavy (non-hydrogen) atoms. The van der Waals surface area contributed by atoms with Crippen LogP contribution < -0.4 is 0 Å². The largest absolute Gasteiger partial charge is 0.380 e. The maximum Gasteiger partial charge on any atom is 0.276 e. The minimum atomic E-state index is -0.0705. The topological polar surface area (TPSA) is 86.3 Å². The summed E-state index contributed by atoms with van der Waals surface area (Å²) in [6.45, 7) is 6.47. The average molecular weight is 387 g/mol. The van der Waals surface area contributed by atoms with Gasteiger partial charge in [-0.05, 0) is 32.1 Å². The van der Waals surface area contributed by atoms with Gasteiger partial charge < -0.3 is 18.7 Å². The Morgan fingerprint density at radius 1 is 1.36 bits per heavy atom. The molecular weight excluding hydrogens is 358 g/mol. The molecule has 4 rings (SSSR count). The van der Waals surface area contributed by atoms with Gasteiger partial charge in [-0.2, -0.15) is 0 Å². The average Bonchev–Trinajstić information content (AvgIpc) is 3.40. The predicted octanol–water partition coefficient (Wildman–Crippen LogP) is 2.93. The van der Waals surface area contributed by atoms with Gasteiger partial charge in [-0.15, -0.1) is 10.2 Å². The van der Waals surface area contributed by atoms with Gasteiger partial charge in [0, 0.05) is 32.7 Å². The number of ether oxygens (including phenoxy) is 1. The van der Waals surface area contributed by atoms with E-state index in [-0.39, 0.29) is 17.2 Å². The number of methoxy groups -OCH3 is 1. The molecule has 2 fully saturated rings. The van der Waals surface area contributed by atoms with Gasteiger partial charge in [0.15, 0.2) is 5.69 Å². The third-order valence-electron chi connectivity index (χ3n) is 6.56. The van der Waals surface area contributed by atoms with Crippen LogP contribution in [-0.4, -0.2) is 50.9 Å². The van der Waals surface area contributed by atoms with E-state index in [0.717, 1.165) is 37.3 Å². The number of hydrogen-bond acceptors (Lipinski definition) is 6. The highest BCUT2D eigenvalue weighted by Gasteiger charge is 2.51. The van der Waals surface area contributed by atoms with Crippen molar-refractivity contribution in [2.24, 2.45) is 5.41 Å². The quantitative estimate of drug-likeness (QED) is 0.784. The van der Waals surface area contributed by atoms with Crippen LogP contribution in [0.25, 0.3) is 0 Å². The molecule has 8 heteroatoms. The van der Waals surface area contributed by atoms with E-state index in [1.807, 2.05) is 11.8 Å². The minimum absolute atomic E-state index is 0.0705. The molecule has 1 aliphatic carbocycles. The second-order valence-electron chi connectivity index (χ2n) is 8.14. The number of carbonyl (C=O) groups is 1. The van der Waals surface area contributed by atoms with Crippen molar-refractivity contribution < 1.29 is 14.1 Å². The molecule has 2 aromatic rings. The number of aryl methyl sites for hydroxylation is 2. The Labute approximate surface area is 165 Å². The lowest BCUT2D eigenvalue weighted by atomic mass is 9.67. The summed E-state index contributed by atoms with van der Waals surface area (Å²) < 4.78 is 12.7. The van der Waals surface area contributed by atoms with Gasteiger partial charge >= 0.3 is 0 Å². The van der Waals surface area contributed by atoms with E-state index in [4.69, 9.17) is 9.26 Å². The second kappa shape index (κ2) is 7.66. The Balaban J connectivity index is 1.66. The first-order chi connectivity index (χ1) is 13.6. The van der Waals surface area contributed by atoms with Gasteiger partial charge in [0.1, 0.15) is 17.9 Å².